The average Bonchev–Trinajstić information content (AvgIpc) is 4.10. The highest BCUT2D eigenvalue weighted by Crippen LogP contribution is 2.32. The van der Waals surface area contributed by atoms with Gasteiger partial charge in [-0.3, -0.25) is 64.9 Å². The summed E-state index contributed by atoms with van der Waals surface area (Å²) in [6, 6.07) is 4.02. The van der Waals surface area contributed by atoms with Crippen LogP contribution in [0.1, 0.15) is 69.1 Å². The highest BCUT2D eigenvalue weighted by atomic mass is 79.9. The van der Waals surface area contributed by atoms with Crippen LogP contribution in [0.4, 0.5) is 34.4 Å². The van der Waals surface area contributed by atoms with Crippen LogP contribution in [0.2, 0.25) is 0 Å². The van der Waals surface area contributed by atoms with E-state index in [9.17, 15) is 52.7 Å². The van der Waals surface area contributed by atoms with Gasteiger partial charge >= 0.3 is 18.1 Å². The Balaban J connectivity index is -0.000000833. The van der Waals surface area contributed by atoms with Gasteiger partial charge in [0.05, 0.1) is 34.8 Å². The van der Waals surface area contributed by atoms with Gasteiger partial charge in [-0.15, -0.1) is 73.9 Å². The summed E-state index contributed by atoms with van der Waals surface area (Å²) < 4.78 is 1.35. The van der Waals surface area contributed by atoms with Crippen LogP contribution in [0.3, 0.4) is 0 Å². The van der Waals surface area contributed by atoms with E-state index in [1.165, 1.54) is 85.2 Å². The third-order valence-corrected chi connectivity index (χ3v) is 13.6. The summed E-state index contributed by atoms with van der Waals surface area (Å²) in [5, 5.41) is 41.1. The van der Waals surface area contributed by atoms with E-state index < -0.39 is 65.4 Å². The van der Waals surface area contributed by atoms with Crippen molar-refractivity contribution in [2.75, 3.05) is 46.3 Å². The normalized spacial score (nSPS) is 12.1. The lowest BCUT2D eigenvalue weighted by Gasteiger charge is -2.19. The van der Waals surface area contributed by atoms with Crippen molar-refractivity contribution >= 4 is 192 Å². The average molecular weight is 1310 g/mol. The van der Waals surface area contributed by atoms with E-state index in [2.05, 4.69) is 63.4 Å². The highest BCUT2D eigenvalue weighted by molar-refractivity contribution is 9.11. The standard InChI is InChI=1S/C8H8BrN3O3S.C8H9N3O3S.C6H6BrN3O2S.C5H6N2OS.C4H8O2S2.C3H4N2O.C3H3NO2.C2H6O/c1-3(13)11-8(15)12-7-4(6(10)14)2-5(9)16-7;1-4(12)10-8(14)11-7-5(6(9)13)2-3-15-7;7-3-1-2(4(8)11)5(13-3)10-6(9)12;6-4(8)3-1-2-9-5(3)7;5-3-1-7-4(6)2-8-3;1-5-2-3(4)6;1-3(6)4-2-5;1-2-3/h2H,1H3,(H2,10,14)(H2,11,12,13,15);2-3H,1H3,(H2,9,13)(H2,10,11,12,14);1H,(H2,8,11)(H3,9,10,12);1-2H,7H2,(H2,6,8);3-6H,1-2H2;2H2,(H2,4,6);1H3;3H,2H2,1H3. The molecule has 1 aliphatic rings. The maximum Gasteiger partial charge on any atom is 0.326 e. The maximum atomic E-state index is 11.2. The molecule has 5 heterocycles. The van der Waals surface area contributed by atoms with Gasteiger partial charge in [0.1, 0.15) is 25.9 Å². The topological polar surface area (TPSA) is 525 Å². The van der Waals surface area contributed by atoms with Crippen LogP contribution in [0.15, 0.2) is 47.6 Å². The quantitative estimate of drug-likeness (QED) is 0.0685. The SMILES string of the molecule is CC(=O)N=C=O.CC(=O)NC(=O)Nc1sc(Br)cc1C(N)=O.CC(=O)NC(=O)Nc1sccc1C(N)=O.CCO.NC(=O)Nc1sc(Br)cc1C(N)=O.NC(=O)c1ccsc1N.OC1CSC(O)CS1.[C-]#[N+]CC(N)=O. The Kier molecular flexibility index (Phi) is 40.0. The number of aliphatic imine (C=N–C) groups is 1. The number of hydrogen-bond acceptors (Lipinski definition) is 22. The Hall–Kier alpha value is -6.82. The third-order valence-electron chi connectivity index (χ3n) is 6.40. The monoisotopic (exact) mass is 1300 g/mol. The molecule has 29 nitrogen and oxygen atoms in total. The van der Waals surface area contributed by atoms with Crippen molar-refractivity contribution < 1.29 is 72.9 Å². The smallest absolute Gasteiger partial charge is 0.326 e. The number of thiophene rings is 4. The van der Waals surface area contributed by atoms with Gasteiger partial charge in [-0.2, -0.15) is 0 Å². The first kappa shape index (κ1) is 73.4. The van der Waals surface area contributed by atoms with Gasteiger partial charge in [0.2, 0.25) is 17.9 Å². The molecule has 1 saturated heterocycles. The number of hydrogen-bond donors (Lipinski definition) is 15. The summed E-state index contributed by atoms with van der Waals surface area (Å²) in [7, 11) is 0. The van der Waals surface area contributed by atoms with E-state index >= 15 is 0 Å². The minimum absolute atomic E-state index is 0.190. The highest BCUT2D eigenvalue weighted by Gasteiger charge is 2.18. The fourth-order valence-corrected chi connectivity index (χ4v) is 10.2. The minimum atomic E-state index is -0.725. The Bertz CT molecular complexity index is 2690. The summed E-state index contributed by atoms with van der Waals surface area (Å²) in [5.41, 5.74) is 35.5. The first-order valence-corrected chi connectivity index (χ1v) is 26.8. The third kappa shape index (κ3) is 37.0. The molecule has 14 amide bonds. The van der Waals surface area contributed by atoms with E-state index in [4.69, 9.17) is 61.1 Å². The molecule has 76 heavy (non-hydrogen) atoms. The van der Waals surface area contributed by atoms with Gasteiger partial charge in [0, 0.05) is 38.9 Å². The molecule has 2 unspecified atom stereocenters. The zero-order chi connectivity index (χ0) is 59.2. The summed E-state index contributed by atoms with van der Waals surface area (Å²) in [4.78, 5) is 131. The van der Waals surface area contributed by atoms with Crippen LogP contribution >= 0.6 is 101 Å². The number of urea groups is 3. The Labute approximate surface area is 473 Å². The number of aliphatic hydroxyl groups excluding tert-OH is 3. The number of thioether (sulfide) groups is 2. The molecule has 0 aliphatic carbocycles. The van der Waals surface area contributed by atoms with Crippen LogP contribution in [0.5, 0.6) is 0 Å². The molecule has 4 aromatic heterocycles. The largest absolute Gasteiger partial charge is 0.397 e. The molecule has 0 aromatic carbocycles. The Morgan fingerprint density at radius 3 is 1.33 bits per heavy atom. The van der Waals surface area contributed by atoms with Crippen LogP contribution in [0.25, 0.3) is 4.85 Å². The fourth-order valence-electron chi connectivity index (χ4n) is 3.72. The molecule has 0 saturated carbocycles. The molecule has 0 bridgehead atoms. The molecule has 0 spiro atoms. The Morgan fingerprint density at radius 1 is 0.684 bits per heavy atom. The molecule has 22 N–H and O–H groups in total. The number of nitrogen functional groups attached to an aromatic ring is 1. The molecule has 1 aliphatic heterocycles. The molecular formula is C39H50Br2N14O15S6. The predicted molar refractivity (Wildman–Crippen MR) is 299 cm³/mol. The van der Waals surface area contributed by atoms with E-state index in [1.54, 1.807) is 23.8 Å². The summed E-state index contributed by atoms with van der Waals surface area (Å²) in [5.74, 6) is -3.08. The Morgan fingerprint density at radius 2 is 1.07 bits per heavy atom. The predicted octanol–water partition coefficient (Wildman–Crippen LogP) is 2.68. The van der Waals surface area contributed by atoms with Crippen molar-refractivity contribution in [3.8, 4) is 0 Å². The van der Waals surface area contributed by atoms with Gasteiger partial charge in [-0.25, -0.2) is 25.8 Å². The number of rotatable bonds is 8. The van der Waals surface area contributed by atoms with Crippen LogP contribution < -0.4 is 66.7 Å². The van der Waals surface area contributed by atoms with Crippen molar-refractivity contribution in [1.82, 2.24) is 10.6 Å². The molecule has 37 heteroatoms. The van der Waals surface area contributed by atoms with Gasteiger partial charge in [-0.1, -0.05) is 0 Å². The van der Waals surface area contributed by atoms with Gasteiger partial charge in [-0.05, 0) is 73.8 Å². The second kappa shape index (κ2) is 41.4. The van der Waals surface area contributed by atoms with Gasteiger partial charge in [0.15, 0.2) is 0 Å². The maximum absolute atomic E-state index is 11.2. The lowest BCUT2D eigenvalue weighted by Crippen LogP contribution is -2.32. The second-order valence-electron chi connectivity index (χ2n) is 12.6. The van der Waals surface area contributed by atoms with E-state index in [0.29, 0.717) is 39.6 Å². The molecule has 4 aromatic rings. The summed E-state index contributed by atoms with van der Waals surface area (Å²) >= 11 is 13.9. The minimum Gasteiger partial charge on any atom is -0.397 e. The van der Waals surface area contributed by atoms with Crippen molar-refractivity contribution in [3.05, 3.63) is 76.3 Å². The van der Waals surface area contributed by atoms with Crippen LogP contribution in [0, 0.1) is 6.57 Å². The molecule has 0 radical (unpaired) electrons. The molecular weight excluding hydrogens is 1260 g/mol. The fraction of sp³-hybridized carbons (Fsp3) is 0.256. The van der Waals surface area contributed by atoms with Crippen molar-refractivity contribution in [1.29, 1.82) is 0 Å². The van der Waals surface area contributed by atoms with Gasteiger partial charge < -0.3 is 60.3 Å². The molecule has 2 atom stereocenters. The lowest BCUT2D eigenvalue weighted by molar-refractivity contribution is -0.118. The number of carbonyl (C=O) groups is 11. The first-order valence-electron chi connectivity index (χ1n) is 19.7. The zero-order valence-electron chi connectivity index (χ0n) is 39.8. The van der Waals surface area contributed by atoms with E-state index in [0.717, 1.165) is 28.8 Å². The van der Waals surface area contributed by atoms with Crippen molar-refractivity contribution in [2.24, 2.45) is 39.4 Å². The summed E-state index contributed by atoms with van der Waals surface area (Å²) in [6.07, 6.45) is 1.09. The second-order valence-corrected chi connectivity index (χ2v) is 21.7. The number of primary amides is 6. The number of carbonyl (C=O) groups excluding carboxylic acids is 12. The number of anilines is 4. The zero-order valence-corrected chi connectivity index (χ0v) is 47.9. The van der Waals surface area contributed by atoms with E-state index in [-0.39, 0.29) is 45.7 Å². The number of nitrogens with zero attached hydrogens (tertiary/aromatic N) is 2. The molecule has 5 rings (SSSR count). The van der Waals surface area contributed by atoms with Gasteiger partial charge in [0.25, 0.3) is 42.0 Å². The number of amides is 14. The molecule has 1 fully saturated rings. The lowest BCUT2D eigenvalue weighted by atomic mass is 10.3. The number of aliphatic hydroxyl groups is 3. The number of isocyanates is 1. The number of halogens is 2. The number of nitrogens with two attached hydrogens (primary N) is 7. The van der Waals surface area contributed by atoms with Crippen molar-refractivity contribution in [3.63, 3.8) is 0 Å². The van der Waals surface area contributed by atoms with E-state index in [1.807, 2.05) is 10.6 Å². The number of imide groups is 2. The molecule has 416 valence electrons. The van der Waals surface area contributed by atoms with Crippen LogP contribution in [-0.4, -0.2) is 122 Å². The first-order chi connectivity index (χ1) is 35.4. The summed E-state index contributed by atoms with van der Waals surface area (Å²) in [6.45, 7) is 11.4. The number of nitrogens with one attached hydrogen (secondary N) is 5. The van der Waals surface area contributed by atoms with Crippen molar-refractivity contribution in [2.45, 2.75) is 38.6 Å². The van der Waals surface area contributed by atoms with Crippen LogP contribution in [-0.2, 0) is 24.0 Å².